The predicted octanol–water partition coefficient (Wildman–Crippen LogP) is 5.16. The third-order valence-electron chi connectivity index (χ3n) is 8.53. The van der Waals surface area contributed by atoms with Gasteiger partial charge in [0.1, 0.15) is 0 Å². The largest absolute Gasteiger partial charge is 0.389 e. The van der Waals surface area contributed by atoms with Gasteiger partial charge in [0.2, 0.25) is 5.82 Å². The number of nitrogens with zero attached hydrogens (tertiary/aromatic N) is 6. The van der Waals surface area contributed by atoms with E-state index in [0.717, 1.165) is 51.7 Å². The van der Waals surface area contributed by atoms with Gasteiger partial charge in [0.25, 0.3) is 0 Å². The Morgan fingerprint density at radius 1 is 0.850 bits per heavy atom. The van der Waals surface area contributed by atoms with Crippen LogP contribution in [0.3, 0.4) is 0 Å². The van der Waals surface area contributed by atoms with E-state index in [9.17, 15) is 5.11 Å². The molecule has 8 rings (SSSR count). The van der Waals surface area contributed by atoms with Crippen molar-refractivity contribution in [1.29, 1.82) is 0 Å². The Hall–Kier alpha value is -4.53. The first-order valence-electron chi connectivity index (χ1n) is 13.6. The van der Waals surface area contributed by atoms with Gasteiger partial charge in [-0.3, -0.25) is 4.40 Å². The summed E-state index contributed by atoms with van der Waals surface area (Å²) in [6.07, 6.45) is 8.79. The van der Waals surface area contributed by atoms with Crippen LogP contribution in [0.15, 0.2) is 91.4 Å². The first kappa shape index (κ1) is 23.4. The molecular formula is C32H27N7O. The Morgan fingerprint density at radius 2 is 1.60 bits per heavy atom. The number of nitrogens with two attached hydrogens (primary N) is 1. The molecular weight excluding hydrogens is 498 g/mol. The maximum Gasteiger partial charge on any atom is 0.206 e. The van der Waals surface area contributed by atoms with Gasteiger partial charge in [-0.2, -0.15) is 0 Å². The summed E-state index contributed by atoms with van der Waals surface area (Å²) in [7, 11) is 0. The summed E-state index contributed by atoms with van der Waals surface area (Å²) in [5.74, 6) is 1.52. The highest BCUT2D eigenvalue weighted by atomic mass is 16.3. The lowest BCUT2D eigenvalue weighted by atomic mass is 9.60. The minimum absolute atomic E-state index is 0.423. The lowest BCUT2D eigenvalue weighted by molar-refractivity contribution is -0.106. The lowest BCUT2D eigenvalue weighted by Gasteiger charge is -2.52. The molecule has 0 amide bonds. The van der Waals surface area contributed by atoms with Gasteiger partial charge in [0.05, 0.1) is 16.8 Å². The molecule has 8 heteroatoms. The Kier molecular flexibility index (Phi) is 4.96. The van der Waals surface area contributed by atoms with Crippen molar-refractivity contribution in [3.05, 3.63) is 97.0 Å². The molecule has 8 nitrogen and oxygen atoms in total. The number of pyridine rings is 2. The van der Waals surface area contributed by atoms with E-state index in [1.165, 1.54) is 0 Å². The van der Waals surface area contributed by atoms with Crippen LogP contribution < -0.4 is 5.73 Å². The first-order chi connectivity index (χ1) is 19.5. The molecule has 0 spiro atoms. The van der Waals surface area contributed by atoms with E-state index in [2.05, 4.69) is 62.6 Å². The fourth-order valence-corrected chi connectivity index (χ4v) is 6.33. The molecule has 4 aromatic heterocycles. The van der Waals surface area contributed by atoms with Gasteiger partial charge in [-0.25, -0.2) is 15.0 Å². The third-order valence-corrected chi connectivity index (χ3v) is 8.53. The molecule has 196 valence electrons. The molecule has 6 aromatic rings. The number of aromatic nitrogens is 6. The second kappa shape index (κ2) is 8.48. The second-order valence-electron chi connectivity index (χ2n) is 11.3. The van der Waals surface area contributed by atoms with E-state index in [1.54, 1.807) is 18.5 Å². The van der Waals surface area contributed by atoms with Crippen LogP contribution >= 0.6 is 0 Å². The van der Waals surface area contributed by atoms with Crippen LogP contribution in [0.4, 0.5) is 0 Å². The van der Waals surface area contributed by atoms with E-state index in [-0.39, 0.29) is 0 Å². The fraction of sp³-hybridized carbons (Fsp3) is 0.219. The predicted molar refractivity (Wildman–Crippen MR) is 153 cm³/mol. The van der Waals surface area contributed by atoms with E-state index in [0.29, 0.717) is 36.1 Å². The standard InChI is InChI=1S/C32H27N7O/c33-31(18-32(40,19-31)23-11-12-23)22-9-7-21(8-10-22)27-24(20-5-2-1-3-6-20)17-25-26(36-27)13-16-39-29(25)37-38-30(39)28-34-14-4-15-35-28/h1-10,13-17,23,40H,11-12,18-19,33H2/t31-,32+. The lowest BCUT2D eigenvalue weighted by Crippen LogP contribution is -2.60. The van der Waals surface area contributed by atoms with Gasteiger partial charge in [-0.05, 0) is 60.9 Å². The number of hydrogen-bond acceptors (Lipinski definition) is 7. The molecule has 2 saturated carbocycles. The van der Waals surface area contributed by atoms with Crippen molar-refractivity contribution in [2.75, 3.05) is 0 Å². The highest BCUT2D eigenvalue weighted by Gasteiger charge is 2.58. The maximum absolute atomic E-state index is 10.9. The van der Waals surface area contributed by atoms with Crippen LogP contribution in [0.25, 0.3) is 50.6 Å². The van der Waals surface area contributed by atoms with Crippen molar-refractivity contribution in [3.63, 3.8) is 0 Å². The van der Waals surface area contributed by atoms with Gasteiger partial charge < -0.3 is 10.8 Å². The first-order valence-corrected chi connectivity index (χ1v) is 13.6. The normalized spacial score (nSPS) is 22.4. The fourth-order valence-electron chi connectivity index (χ4n) is 6.33. The molecule has 0 unspecified atom stereocenters. The summed E-state index contributed by atoms with van der Waals surface area (Å²) >= 11 is 0. The van der Waals surface area contributed by atoms with Gasteiger partial charge in [-0.15, -0.1) is 10.2 Å². The van der Waals surface area contributed by atoms with Crippen LogP contribution in [0.5, 0.6) is 0 Å². The quantitative estimate of drug-likeness (QED) is 0.320. The molecule has 40 heavy (non-hydrogen) atoms. The maximum atomic E-state index is 10.9. The molecule has 2 aliphatic rings. The summed E-state index contributed by atoms with van der Waals surface area (Å²) in [6.45, 7) is 0. The molecule has 3 N–H and O–H groups in total. The number of hydrogen-bond donors (Lipinski definition) is 2. The summed E-state index contributed by atoms with van der Waals surface area (Å²) in [5, 5.41) is 20.7. The average molecular weight is 526 g/mol. The molecule has 0 atom stereocenters. The van der Waals surface area contributed by atoms with Crippen molar-refractivity contribution >= 4 is 16.6 Å². The van der Waals surface area contributed by atoms with Crippen molar-refractivity contribution in [2.45, 2.75) is 36.8 Å². The van der Waals surface area contributed by atoms with Crippen molar-refractivity contribution in [3.8, 4) is 34.0 Å². The van der Waals surface area contributed by atoms with Crippen molar-refractivity contribution in [1.82, 2.24) is 29.5 Å². The van der Waals surface area contributed by atoms with Gasteiger partial charge in [0.15, 0.2) is 11.5 Å². The van der Waals surface area contributed by atoms with Crippen molar-refractivity contribution < 1.29 is 5.11 Å². The molecule has 2 aliphatic carbocycles. The number of fused-ring (bicyclic) bond motifs is 3. The van der Waals surface area contributed by atoms with E-state index in [1.807, 2.05) is 34.9 Å². The summed E-state index contributed by atoms with van der Waals surface area (Å²) in [6, 6.07) is 24.5. The number of rotatable bonds is 5. The SMILES string of the molecule is N[C@]1(c2ccc(-c3nc4ccn5c(-c6ncccn6)nnc5c4cc3-c3ccccc3)cc2)C[C@@](O)(C2CC2)C1. The summed E-state index contributed by atoms with van der Waals surface area (Å²) < 4.78 is 1.91. The van der Waals surface area contributed by atoms with Crippen molar-refractivity contribution in [2.24, 2.45) is 11.7 Å². The second-order valence-corrected chi connectivity index (χ2v) is 11.3. The molecule has 0 saturated heterocycles. The van der Waals surface area contributed by atoms with E-state index < -0.39 is 11.1 Å². The van der Waals surface area contributed by atoms with Crippen LogP contribution in [0.2, 0.25) is 0 Å². The van der Waals surface area contributed by atoms with E-state index in [4.69, 9.17) is 10.7 Å². The van der Waals surface area contributed by atoms with Gasteiger partial charge >= 0.3 is 0 Å². The topological polar surface area (TPSA) is 115 Å². The smallest absolute Gasteiger partial charge is 0.206 e. The Bertz CT molecular complexity index is 1870. The Labute approximate surface area is 230 Å². The highest BCUT2D eigenvalue weighted by Crippen LogP contribution is 2.57. The molecule has 0 aliphatic heterocycles. The minimum atomic E-state index is -0.590. The van der Waals surface area contributed by atoms with Crippen LogP contribution in [0, 0.1) is 5.92 Å². The third kappa shape index (κ3) is 3.64. The molecule has 2 fully saturated rings. The van der Waals surface area contributed by atoms with E-state index >= 15 is 0 Å². The zero-order valence-corrected chi connectivity index (χ0v) is 21.8. The van der Waals surface area contributed by atoms with Gasteiger partial charge in [-0.1, -0.05) is 54.6 Å². The zero-order chi connectivity index (χ0) is 26.9. The number of benzene rings is 2. The minimum Gasteiger partial charge on any atom is -0.389 e. The monoisotopic (exact) mass is 525 g/mol. The molecule has 0 radical (unpaired) electrons. The number of aliphatic hydroxyl groups is 1. The summed E-state index contributed by atoms with van der Waals surface area (Å²) in [4.78, 5) is 13.9. The molecule has 4 heterocycles. The van der Waals surface area contributed by atoms with Crippen LogP contribution in [-0.4, -0.2) is 40.3 Å². The summed E-state index contributed by atoms with van der Waals surface area (Å²) in [5.41, 5.74) is 12.2. The van der Waals surface area contributed by atoms with Gasteiger partial charge in [0, 0.05) is 40.6 Å². The van der Waals surface area contributed by atoms with Crippen LogP contribution in [-0.2, 0) is 5.54 Å². The zero-order valence-electron chi connectivity index (χ0n) is 21.8. The molecule has 0 bridgehead atoms. The Balaban J connectivity index is 1.24. The average Bonchev–Trinajstić information content (AvgIpc) is 3.76. The highest BCUT2D eigenvalue weighted by molar-refractivity contribution is 5.98. The Morgan fingerprint density at radius 3 is 2.33 bits per heavy atom. The molecule has 2 aromatic carbocycles. The van der Waals surface area contributed by atoms with Crippen LogP contribution in [0.1, 0.15) is 31.2 Å².